The molecule has 1 aromatic heterocycles. The molecule has 0 aliphatic rings. The Balaban J connectivity index is 2.34. The minimum Gasteiger partial charge on any atom is -0.310 e. The second kappa shape index (κ2) is 6.62. The Labute approximate surface area is 120 Å². The number of hydrogen-bond acceptors (Lipinski definition) is 2. The van der Waals surface area contributed by atoms with Crippen LogP contribution in [0.4, 0.5) is 4.39 Å². The Bertz CT molecular complexity index is 543. The largest absolute Gasteiger partial charge is 0.310 e. The number of pyridine rings is 1. The lowest BCUT2D eigenvalue weighted by Gasteiger charge is -2.21. The number of benzene rings is 1. The van der Waals surface area contributed by atoms with Gasteiger partial charge in [-0.15, -0.1) is 0 Å². The van der Waals surface area contributed by atoms with Crippen molar-refractivity contribution in [3.05, 3.63) is 64.7 Å². The van der Waals surface area contributed by atoms with E-state index in [0.29, 0.717) is 6.42 Å². The highest BCUT2D eigenvalue weighted by atomic mass is 19.1. The average Bonchev–Trinajstić information content (AvgIpc) is 2.39. The van der Waals surface area contributed by atoms with Gasteiger partial charge in [-0.1, -0.05) is 19.1 Å². The Morgan fingerprint density at radius 2 is 2.05 bits per heavy atom. The highest BCUT2D eigenvalue weighted by Crippen LogP contribution is 2.25. The Morgan fingerprint density at radius 1 is 1.25 bits per heavy atom. The maximum atomic E-state index is 14.3. The van der Waals surface area contributed by atoms with Crippen LogP contribution in [0.3, 0.4) is 0 Å². The van der Waals surface area contributed by atoms with E-state index in [1.54, 1.807) is 12.3 Å². The van der Waals surface area contributed by atoms with Crippen molar-refractivity contribution in [3.8, 4) is 0 Å². The predicted octanol–water partition coefficient (Wildman–Crippen LogP) is 3.73. The molecule has 1 unspecified atom stereocenters. The number of likely N-dealkylation sites (N-methyl/N-ethyl adjacent to an activating group) is 1. The SMILES string of the molecule is CCNC(Cc1ccccn1)c1c(C)cc(C)cc1F. The van der Waals surface area contributed by atoms with Gasteiger partial charge in [-0.05, 0) is 49.7 Å². The van der Waals surface area contributed by atoms with E-state index in [2.05, 4.69) is 10.3 Å². The third-order valence-corrected chi connectivity index (χ3v) is 3.42. The van der Waals surface area contributed by atoms with Gasteiger partial charge in [-0.25, -0.2) is 4.39 Å². The van der Waals surface area contributed by atoms with Crippen molar-refractivity contribution in [1.82, 2.24) is 10.3 Å². The highest BCUT2D eigenvalue weighted by Gasteiger charge is 2.18. The van der Waals surface area contributed by atoms with Crippen molar-refractivity contribution >= 4 is 0 Å². The molecule has 0 amide bonds. The molecule has 1 aromatic carbocycles. The maximum absolute atomic E-state index is 14.3. The summed E-state index contributed by atoms with van der Waals surface area (Å²) in [4.78, 5) is 4.34. The van der Waals surface area contributed by atoms with Gasteiger partial charge in [0.25, 0.3) is 0 Å². The second-order valence-electron chi connectivity index (χ2n) is 5.11. The van der Waals surface area contributed by atoms with Gasteiger partial charge in [0.2, 0.25) is 0 Å². The zero-order valence-electron chi connectivity index (χ0n) is 12.3. The summed E-state index contributed by atoms with van der Waals surface area (Å²) < 4.78 is 14.3. The normalized spacial score (nSPS) is 12.4. The average molecular weight is 272 g/mol. The highest BCUT2D eigenvalue weighted by molar-refractivity contribution is 5.35. The first-order chi connectivity index (χ1) is 9.61. The monoisotopic (exact) mass is 272 g/mol. The molecule has 0 fully saturated rings. The molecule has 0 radical (unpaired) electrons. The van der Waals surface area contributed by atoms with E-state index in [4.69, 9.17) is 0 Å². The summed E-state index contributed by atoms with van der Waals surface area (Å²) in [6.45, 7) is 6.71. The Kier molecular flexibility index (Phi) is 4.85. The van der Waals surface area contributed by atoms with E-state index < -0.39 is 0 Å². The van der Waals surface area contributed by atoms with Gasteiger partial charge in [-0.3, -0.25) is 4.98 Å². The van der Waals surface area contributed by atoms with E-state index in [1.807, 2.05) is 45.0 Å². The number of halogens is 1. The van der Waals surface area contributed by atoms with Crippen LogP contribution in [0.25, 0.3) is 0 Å². The Morgan fingerprint density at radius 3 is 2.65 bits per heavy atom. The lowest BCUT2D eigenvalue weighted by atomic mass is 9.95. The van der Waals surface area contributed by atoms with Crippen molar-refractivity contribution in [2.45, 2.75) is 33.2 Å². The van der Waals surface area contributed by atoms with Crippen molar-refractivity contribution in [3.63, 3.8) is 0 Å². The fourth-order valence-electron chi connectivity index (χ4n) is 2.62. The van der Waals surface area contributed by atoms with Crippen LogP contribution >= 0.6 is 0 Å². The molecule has 2 rings (SSSR count). The number of aryl methyl sites for hydroxylation is 2. The molecule has 106 valence electrons. The van der Waals surface area contributed by atoms with E-state index in [-0.39, 0.29) is 11.9 Å². The topological polar surface area (TPSA) is 24.9 Å². The molecule has 2 nitrogen and oxygen atoms in total. The number of aromatic nitrogens is 1. The quantitative estimate of drug-likeness (QED) is 0.897. The van der Waals surface area contributed by atoms with Gasteiger partial charge >= 0.3 is 0 Å². The first-order valence-electron chi connectivity index (χ1n) is 7.01. The van der Waals surface area contributed by atoms with Crippen LogP contribution < -0.4 is 5.32 Å². The molecule has 0 saturated heterocycles. The van der Waals surface area contributed by atoms with Crippen LogP contribution in [0.1, 0.15) is 35.3 Å². The zero-order chi connectivity index (χ0) is 14.5. The molecule has 0 spiro atoms. The van der Waals surface area contributed by atoms with E-state index >= 15 is 0 Å². The van der Waals surface area contributed by atoms with E-state index in [9.17, 15) is 4.39 Å². The molecular formula is C17H21FN2. The minimum atomic E-state index is -0.135. The molecule has 0 saturated carbocycles. The maximum Gasteiger partial charge on any atom is 0.128 e. The number of hydrogen-bond donors (Lipinski definition) is 1. The fourth-order valence-corrected chi connectivity index (χ4v) is 2.62. The minimum absolute atomic E-state index is 0.0458. The number of nitrogens with zero attached hydrogens (tertiary/aromatic N) is 1. The summed E-state index contributed by atoms with van der Waals surface area (Å²) in [5.41, 5.74) is 3.67. The second-order valence-corrected chi connectivity index (χ2v) is 5.11. The molecule has 3 heteroatoms. The number of rotatable bonds is 5. The summed E-state index contributed by atoms with van der Waals surface area (Å²) in [5, 5.41) is 3.37. The van der Waals surface area contributed by atoms with E-state index in [0.717, 1.165) is 28.9 Å². The summed E-state index contributed by atoms with van der Waals surface area (Å²) in [5.74, 6) is -0.135. The van der Waals surface area contributed by atoms with Gasteiger partial charge in [0.1, 0.15) is 5.82 Å². The molecule has 1 heterocycles. The van der Waals surface area contributed by atoms with Crippen molar-refractivity contribution in [1.29, 1.82) is 0 Å². The molecule has 2 aromatic rings. The van der Waals surface area contributed by atoms with Crippen molar-refractivity contribution < 1.29 is 4.39 Å². The fraction of sp³-hybridized carbons (Fsp3) is 0.353. The van der Waals surface area contributed by atoms with Crippen LogP contribution in [-0.2, 0) is 6.42 Å². The van der Waals surface area contributed by atoms with Gasteiger partial charge in [0.15, 0.2) is 0 Å². The summed E-state index contributed by atoms with van der Waals surface area (Å²) in [6, 6.07) is 9.42. The van der Waals surface area contributed by atoms with Gasteiger partial charge in [-0.2, -0.15) is 0 Å². The van der Waals surface area contributed by atoms with Crippen molar-refractivity contribution in [2.24, 2.45) is 0 Å². The summed E-state index contributed by atoms with van der Waals surface area (Å²) >= 11 is 0. The molecule has 0 bridgehead atoms. The third kappa shape index (κ3) is 3.42. The predicted molar refractivity (Wildman–Crippen MR) is 80.2 cm³/mol. The van der Waals surface area contributed by atoms with Crippen LogP contribution in [0.15, 0.2) is 36.5 Å². The van der Waals surface area contributed by atoms with Crippen LogP contribution in [0.5, 0.6) is 0 Å². The van der Waals surface area contributed by atoms with Crippen LogP contribution in [-0.4, -0.2) is 11.5 Å². The molecule has 1 N–H and O–H groups in total. The first kappa shape index (κ1) is 14.7. The van der Waals surface area contributed by atoms with Crippen LogP contribution in [0.2, 0.25) is 0 Å². The van der Waals surface area contributed by atoms with Crippen molar-refractivity contribution in [2.75, 3.05) is 6.54 Å². The van der Waals surface area contributed by atoms with Gasteiger partial charge in [0.05, 0.1) is 0 Å². The third-order valence-electron chi connectivity index (χ3n) is 3.42. The molecule has 0 aliphatic heterocycles. The van der Waals surface area contributed by atoms with Gasteiger partial charge in [0, 0.05) is 29.9 Å². The lowest BCUT2D eigenvalue weighted by Crippen LogP contribution is -2.25. The van der Waals surface area contributed by atoms with E-state index in [1.165, 1.54) is 0 Å². The number of nitrogens with one attached hydrogen (secondary N) is 1. The smallest absolute Gasteiger partial charge is 0.128 e. The summed E-state index contributed by atoms with van der Waals surface area (Å²) in [7, 11) is 0. The van der Waals surface area contributed by atoms with Crippen LogP contribution in [0, 0.1) is 19.7 Å². The molecule has 0 aliphatic carbocycles. The molecule has 1 atom stereocenters. The molecule has 20 heavy (non-hydrogen) atoms. The molecular weight excluding hydrogens is 251 g/mol. The first-order valence-corrected chi connectivity index (χ1v) is 7.01. The summed E-state index contributed by atoms with van der Waals surface area (Å²) in [6.07, 6.45) is 2.46. The standard InChI is InChI=1S/C17H21FN2/c1-4-19-16(11-14-7-5-6-8-20-14)17-13(3)9-12(2)10-15(17)18/h5-10,16,19H,4,11H2,1-3H3. The lowest BCUT2D eigenvalue weighted by molar-refractivity contribution is 0.503. The zero-order valence-corrected chi connectivity index (χ0v) is 12.3. The van der Waals surface area contributed by atoms with Gasteiger partial charge < -0.3 is 5.32 Å². The Hall–Kier alpha value is -1.74.